The van der Waals surface area contributed by atoms with Gasteiger partial charge in [0.15, 0.2) is 9.84 Å². The number of thiazole rings is 4. The van der Waals surface area contributed by atoms with Crippen molar-refractivity contribution in [2.75, 3.05) is 78.6 Å². The molecule has 768 valence electrons. The number of methoxy groups -OCH3 is 1. The van der Waals surface area contributed by atoms with E-state index in [2.05, 4.69) is 57.8 Å². The smallest absolute Gasteiger partial charge is 0.337 e. The van der Waals surface area contributed by atoms with Gasteiger partial charge in [-0.15, -0.1) is 113 Å². The zero-order chi connectivity index (χ0) is 105. The zero-order valence-corrected chi connectivity index (χ0v) is 94.6. The van der Waals surface area contributed by atoms with Crippen LogP contribution in [0.3, 0.4) is 0 Å². The largest absolute Gasteiger partial charge is 0.465 e. The lowest BCUT2D eigenvalue weighted by Crippen LogP contribution is -2.21. The van der Waals surface area contributed by atoms with Gasteiger partial charge in [-0.1, -0.05) is 138 Å². The summed E-state index contributed by atoms with van der Waals surface area (Å²) < 4.78 is 86.9. The van der Waals surface area contributed by atoms with Crippen LogP contribution < -0.4 is 28.7 Å². The van der Waals surface area contributed by atoms with E-state index in [1.807, 2.05) is 174 Å². The molecule has 16 aromatic heterocycles. The van der Waals surface area contributed by atoms with Gasteiger partial charge >= 0.3 is 5.97 Å². The number of sulfone groups is 1. The van der Waals surface area contributed by atoms with Crippen molar-refractivity contribution in [3.63, 3.8) is 0 Å². The number of unbranched alkanes of at least 4 members (excludes halogenated alkanes) is 5. The van der Waals surface area contributed by atoms with Gasteiger partial charge < -0.3 is 48.0 Å². The number of hydrogen-bond acceptors (Lipinski definition) is 36. The summed E-state index contributed by atoms with van der Waals surface area (Å²) in [5.74, 6) is 2.60. The molecule has 0 fully saturated rings. The molecule has 4 aromatic carbocycles. The first-order valence-electron chi connectivity index (χ1n) is 47.2. The molecule has 0 aliphatic carbocycles. The Balaban J connectivity index is 0.000000133. The first-order valence-corrected chi connectivity index (χ1v) is 62.6. The number of aromatic nitrogens is 11. The molecule has 28 nitrogen and oxygen atoms in total. The number of carbonyl (C=O) groups is 2. The summed E-state index contributed by atoms with van der Waals surface area (Å²) >= 11 is 14.3. The second kappa shape index (κ2) is 50.2. The number of anilines is 5. The monoisotopic (exact) mass is 2270 g/mol. The summed E-state index contributed by atoms with van der Waals surface area (Å²) in [5, 5.41) is 34.8. The fourth-order valence-corrected chi connectivity index (χ4v) is 33.2. The lowest BCUT2D eigenvalue weighted by Gasteiger charge is -2.12. The van der Waals surface area contributed by atoms with E-state index in [9.17, 15) is 39.9 Å². The first-order chi connectivity index (χ1) is 72.1. The molecule has 0 saturated heterocycles. The number of nitrogens with two attached hydrogens (primary N) is 5. The number of imidazole rings is 1. The van der Waals surface area contributed by atoms with E-state index in [1.54, 1.807) is 79.4 Å². The van der Waals surface area contributed by atoms with Gasteiger partial charge in [-0.3, -0.25) is 21.6 Å². The van der Waals surface area contributed by atoms with E-state index in [0.717, 1.165) is 201 Å². The Morgan fingerprint density at radius 2 is 0.826 bits per heavy atom. The molecule has 0 spiro atoms. The minimum Gasteiger partial charge on any atom is -0.465 e. The number of esters is 1. The topological polar surface area (TPSA) is 457 Å². The van der Waals surface area contributed by atoms with E-state index >= 15 is 0 Å². The molecule has 20 rings (SSSR count). The number of hydrogen-bond donors (Lipinski definition) is 6. The lowest BCUT2D eigenvalue weighted by molar-refractivity contribution is 0.0600. The van der Waals surface area contributed by atoms with Crippen LogP contribution >= 0.6 is 113 Å². The summed E-state index contributed by atoms with van der Waals surface area (Å²) in [6.45, 7) is 10.2. The number of nitrogens with zero attached hydrogens (tertiary/aromatic N) is 13. The van der Waals surface area contributed by atoms with E-state index in [1.165, 1.54) is 97.8 Å². The fraction of sp³-hybridized carbons (Fsp3) is 0.236. The number of carbonyl (C=O) groups excluding carboxylic acids is 2. The Labute approximate surface area is 911 Å². The Hall–Kier alpha value is -12.2. The highest BCUT2D eigenvalue weighted by molar-refractivity contribution is 7.93. The number of ether oxygens (including phenoxy) is 1. The maximum absolute atomic E-state index is 12.9. The van der Waals surface area contributed by atoms with Gasteiger partial charge in [-0.05, 0) is 155 Å². The molecule has 149 heavy (non-hydrogen) atoms. The van der Waals surface area contributed by atoms with Gasteiger partial charge in [-0.2, -0.15) is 5.26 Å². The highest BCUT2D eigenvalue weighted by Crippen LogP contribution is 2.51. The van der Waals surface area contributed by atoms with Crippen molar-refractivity contribution >= 4 is 258 Å². The first kappa shape index (κ1) is 109. The highest BCUT2D eigenvalue weighted by atomic mass is 32.2. The average molecular weight is 2270 g/mol. The SMILES string of the molecule is CCCCS(=O)(=O)c1sc2nc(-c3nccs3)cc(-c3ccc(CO)cc3)c2c1N.CCCCS(=O)c1sc2nc(-c3nccs3)cc(-c3cccc(C(=O)N(C)C)c3)c2c1N.CCCCS(=O)c1sc2nc(-c3nccs3)cc(-c3cccc(C(=O)OC)c3)c2c1N.CCCCS(=O)c1sc2nc(-c3nccs3)cc(-c3ncc(C)n3C)c2c1N.N#CCCCS(=O)c1sc2nc(-c3cccs3)cc(-c3ccccc3)c2c1N. The Bertz CT molecular complexity index is 8450. The van der Waals surface area contributed by atoms with Crippen LogP contribution in [0.15, 0.2) is 225 Å². The summed E-state index contributed by atoms with van der Waals surface area (Å²) in [6, 6.07) is 48.2. The van der Waals surface area contributed by atoms with Crippen LogP contribution in [-0.2, 0) is 71.4 Å². The van der Waals surface area contributed by atoms with Crippen molar-refractivity contribution < 1.29 is 44.7 Å². The van der Waals surface area contributed by atoms with Crippen molar-refractivity contribution in [3.8, 4) is 115 Å². The molecule has 0 bridgehead atoms. The third-order valence-electron chi connectivity index (χ3n) is 23.7. The van der Waals surface area contributed by atoms with E-state index < -0.39 is 59.0 Å². The number of pyridine rings is 5. The number of nitrogen functional groups attached to an aromatic ring is 5. The number of rotatable bonds is 33. The van der Waals surface area contributed by atoms with Crippen LogP contribution in [0, 0.1) is 18.3 Å². The minimum atomic E-state index is -3.48. The number of benzene rings is 4. The average Bonchev–Trinajstić information content (AvgIpc) is 1.61. The molecule has 0 aliphatic rings. The third kappa shape index (κ3) is 24.7. The van der Waals surface area contributed by atoms with Crippen LogP contribution in [0.4, 0.5) is 28.4 Å². The molecule has 0 saturated carbocycles. The molecule has 16 heterocycles. The minimum absolute atomic E-state index is 0.0448. The van der Waals surface area contributed by atoms with Crippen molar-refractivity contribution in [2.24, 2.45) is 7.05 Å². The Morgan fingerprint density at radius 1 is 0.443 bits per heavy atom. The Morgan fingerprint density at radius 3 is 1.21 bits per heavy atom. The van der Waals surface area contributed by atoms with Gasteiger partial charge in [0.2, 0.25) is 0 Å². The summed E-state index contributed by atoms with van der Waals surface area (Å²) in [6.07, 6.45) is 16.8. The van der Waals surface area contributed by atoms with Crippen molar-refractivity contribution in [3.05, 3.63) is 226 Å². The van der Waals surface area contributed by atoms with Gasteiger partial charge in [0.1, 0.15) is 93.8 Å². The predicted molar refractivity (Wildman–Crippen MR) is 624 cm³/mol. The molecular formula is C106H104N18O10S15. The molecule has 11 N–H and O–H groups in total. The van der Waals surface area contributed by atoms with Gasteiger partial charge in [0.25, 0.3) is 5.91 Å². The van der Waals surface area contributed by atoms with Crippen LogP contribution in [-0.4, -0.2) is 152 Å². The second-order valence-electron chi connectivity index (χ2n) is 34.1. The summed E-state index contributed by atoms with van der Waals surface area (Å²) in [7, 11) is -1.39. The second-order valence-corrected chi connectivity index (χ2v) is 53.0. The molecule has 4 atom stereocenters. The quantitative estimate of drug-likeness (QED) is 0.0164. The van der Waals surface area contributed by atoms with Crippen LogP contribution in [0.25, 0.3) is 160 Å². The maximum Gasteiger partial charge on any atom is 0.337 e. The molecule has 20 aromatic rings. The van der Waals surface area contributed by atoms with E-state index in [4.69, 9.17) is 63.6 Å². The zero-order valence-electron chi connectivity index (χ0n) is 82.4. The lowest BCUT2D eigenvalue weighted by atomic mass is 9.99. The van der Waals surface area contributed by atoms with Crippen molar-refractivity contribution in [1.29, 1.82) is 5.26 Å². The molecule has 1 amide bonds. The molecule has 0 aliphatic heterocycles. The standard InChI is InChI=1S/C23H24N4O2S3.C22H21N3O3S3.C21H21N3O3S3.C21H17N3OS3.C19H21N5OS3/c1-4-5-11-32(29)23-19(24)18-16(14-7-6-8-15(12-14)22(28)27(2)3)13-17(26-21(18)31-23)20-25-9-10-30-20;1-3-4-10-31(27)22-18(23)17-15(13-6-5-7-14(11-13)21(26)28-2)12-16(25-20(17)30-22)19-24-8-9-29-19;1-2-3-10-30(26,27)21-18(22)17-15(14-6-4-13(12-25)5-7-14)11-16(24-20(17)29-21)19-23-8-9-28-19;22-10-4-5-12-28(25)21-19(23)18-15(14-7-2-1-3-8-14)13-16(24-20(18)27-21)17-9-6-11-26-17;1-4-5-8-28(25)19-15(20)14-12(16-22-10-11(2)24(16)3)9-13(23-18(14)27-19)17-21-6-7-26-17/h6-10,12-13H,4-5,11,24H2,1-3H3;5-9,11-12H,3-4,10,23H2,1-2H3;4-9,11,25H,2-3,10,12,22H2,1H3;1-3,6-9,11,13H,4-5,12,23H2;6-7,9-10H,4-5,8,20H2,1-3H3. The number of fused-ring (bicyclic) bond motifs is 5. The van der Waals surface area contributed by atoms with Gasteiger partial charge in [0.05, 0.1) is 113 Å². The van der Waals surface area contributed by atoms with E-state index in [-0.39, 0.29) is 28.2 Å². The van der Waals surface area contributed by atoms with Crippen molar-refractivity contribution in [1.82, 2.24) is 59.3 Å². The van der Waals surface area contributed by atoms with Crippen LogP contribution in [0.5, 0.6) is 0 Å². The number of aryl methyl sites for hydroxylation is 1. The normalized spacial score (nSPS) is 12.2. The molecule has 43 heteroatoms. The predicted octanol–water partition coefficient (Wildman–Crippen LogP) is 25.7. The number of amides is 1. The molecule has 4 unspecified atom stereocenters. The van der Waals surface area contributed by atoms with Crippen molar-refractivity contribution in [2.45, 2.75) is 126 Å². The molecular weight excluding hydrogens is 2170 g/mol. The third-order valence-corrected chi connectivity index (χ3v) is 43.2. The van der Waals surface area contributed by atoms with Gasteiger partial charge in [-0.25, -0.2) is 63.1 Å². The van der Waals surface area contributed by atoms with Gasteiger partial charge in [0, 0.05) is 147 Å². The summed E-state index contributed by atoms with van der Waals surface area (Å²) in [5.41, 5.74) is 49.5. The fourth-order valence-electron chi connectivity index (χ4n) is 16.0. The summed E-state index contributed by atoms with van der Waals surface area (Å²) in [4.78, 5) is 76.9. The van der Waals surface area contributed by atoms with E-state index in [0.29, 0.717) is 119 Å². The van der Waals surface area contributed by atoms with Crippen LogP contribution in [0.1, 0.15) is 124 Å². The number of nitriles is 1. The maximum atomic E-state index is 12.9. The molecule has 0 radical (unpaired) electrons. The number of thiophene rings is 6. The number of aliphatic hydroxyl groups is 1. The Kier molecular flexibility index (Phi) is 36.9. The van der Waals surface area contributed by atoms with Crippen LogP contribution in [0.2, 0.25) is 0 Å². The number of aliphatic hydroxyl groups excluding tert-OH is 1. The highest BCUT2D eigenvalue weighted by Gasteiger charge is 2.31.